The fraction of sp³-hybridized carbons (Fsp3) is 0.0526. The first kappa shape index (κ1) is 35.2. The zero-order chi connectivity index (χ0) is 38.7. The van der Waals surface area contributed by atoms with Crippen molar-refractivity contribution in [2.45, 2.75) is 18.8 Å². The summed E-state index contributed by atoms with van der Waals surface area (Å²) in [5, 5.41) is 2.55. The van der Waals surface area contributed by atoms with E-state index < -0.39 is 0 Å². The van der Waals surface area contributed by atoms with E-state index in [-0.39, 0.29) is 5.92 Å². The fourth-order valence-electron chi connectivity index (χ4n) is 8.64. The average Bonchev–Trinajstić information content (AvgIpc) is 3.64. The van der Waals surface area contributed by atoms with E-state index in [9.17, 15) is 0 Å². The molecule has 0 fully saturated rings. The van der Waals surface area contributed by atoms with Gasteiger partial charge in [0.05, 0.1) is 11.0 Å². The van der Waals surface area contributed by atoms with Crippen LogP contribution in [0.15, 0.2) is 231 Å². The van der Waals surface area contributed by atoms with Crippen LogP contribution in [0.1, 0.15) is 29.0 Å². The largest absolute Gasteiger partial charge is 0.309 e. The summed E-state index contributed by atoms with van der Waals surface area (Å²) in [7, 11) is 0. The van der Waals surface area contributed by atoms with Crippen molar-refractivity contribution in [1.82, 2.24) is 4.57 Å². The van der Waals surface area contributed by atoms with Crippen molar-refractivity contribution in [3.05, 3.63) is 247 Å². The molecule has 0 saturated carbocycles. The van der Waals surface area contributed by atoms with Crippen molar-refractivity contribution in [2.24, 2.45) is 0 Å². The number of benzene rings is 9. The summed E-state index contributed by atoms with van der Waals surface area (Å²) in [5.41, 5.74) is 17.6. The van der Waals surface area contributed by atoms with Crippen molar-refractivity contribution in [1.29, 1.82) is 0 Å². The van der Waals surface area contributed by atoms with Gasteiger partial charge in [-0.15, -0.1) is 0 Å². The van der Waals surface area contributed by atoms with E-state index in [1.165, 1.54) is 88.7 Å². The summed E-state index contributed by atoms with van der Waals surface area (Å²) < 4.78 is 2.37. The maximum atomic E-state index is 2.37. The molecule has 0 aliphatic carbocycles. The molecule has 0 saturated heterocycles. The fourth-order valence-corrected chi connectivity index (χ4v) is 8.64. The second-order valence-electron chi connectivity index (χ2n) is 15.3. The molecule has 0 aliphatic heterocycles. The van der Waals surface area contributed by atoms with Crippen molar-refractivity contribution in [3.8, 4) is 50.2 Å². The van der Waals surface area contributed by atoms with Crippen molar-refractivity contribution in [3.63, 3.8) is 0 Å². The number of hydrogen-bond donors (Lipinski definition) is 0. The predicted octanol–water partition coefficient (Wildman–Crippen LogP) is 15.2. The van der Waals surface area contributed by atoms with Crippen LogP contribution in [0.5, 0.6) is 0 Å². The van der Waals surface area contributed by atoms with E-state index in [0.29, 0.717) is 0 Å². The Bertz CT molecular complexity index is 2920. The molecule has 10 rings (SSSR count). The zero-order valence-electron chi connectivity index (χ0n) is 32.4. The summed E-state index contributed by atoms with van der Waals surface area (Å²) in [6.07, 6.45) is 2.00. The van der Waals surface area contributed by atoms with Gasteiger partial charge in [0.1, 0.15) is 0 Å². The number of hydrogen-bond acceptors (Lipinski definition) is 0. The van der Waals surface area contributed by atoms with E-state index in [1.54, 1.807) is 0 Å². The third kappa shape index (κ3) is 7.04. The lowest BCUT2D eigenvalue weighted by atomic mass is 9.85. The third-order valence-corrected chi connectivity index (χ3v) is 11.8. The molecule has 0 amide bonds. The molecule has 1 heteroatoms. The number of aromatic nitrogens is 1. The summed E-state index contributed by atoms with van der Waals surface area (Å²) >= 11 is 0. The Hall–Kier alpha value is -7.22. The number of fused-ring (bicyclic) bond motifs is 3. The van der Waals surface area contributed by atoms with Crippen LogP contribution in [0, 0.1) is 0 Å². The molecular formula is C57H43N. The van der Waals surface area contributed by atoms with Gasteiger partial charge in [-0.25, -0.2) is 0 Å². The first-order valence-corrected chi connectivity index (χ1v) is 20.3. The minimum absolute atomic E-state index is 0.267. The Morgan fingerprint density at radius 1 is 0.310 bits per heavy atom. The molecule has 0 spiro atoms. The highest BCUT2D eigenvalue weighted by Crippen LogP contribution is 2.36. The van der Waals surface area contributed by atoms with Crippen LogP contribution in [-0.2, 0) is 6.42 Å². The Morgan fingerprint density at radius 3 is 1.26 bits per heavy atom. The van der Waals surface area contributed by atoms with Crippen LogP contribution in [0.2, 0.25) is 0 Å². The maximum Gasteiger partial charge on any atom is 0.0541 e. The highest BCUT2D eigenvalue weighted by atomic mass is 15.0. The molecule has 1 nitrogen and oxygen atoms in total. The summed E-state index contributed by atoms with van der Waals surface area (Å²) in [4.78, 5) is 0. The first-order valence-electron chi connectivity index (χ1n) is 20.3. The molecule has 58 heavy (non-hydrogen) atoms. The lowest BCUT2D eigenvalue weighted by molar-refractivity contribution is 0.715. The van der Waals surface area contributed by atoms with Crippen molar-refractivity contribution >= 4 is 21.8 Å². The highest BCUT2D eigenvalue weighted by Gasteiger charge is 2.17. The van der Waals surface area contributed by atoms with Gasteiger partial charge < -0.3 is 4.57 Å². The van der Waals surface area contributed by atoms with Gasteiger partial charge in [-0.2, -0.15) is 0 Å². The van der Waals surface area contributed by atoms with Gasteiger partial charge >= 0.3 is 0 Å². The first-order chi connectivity index (χ1) is 28.7. The van der Waals surface area contributed by atoms with Crippen molar-refractivity contribution < 1.29 is 0 Å². The lowest BCUT2D eigenvalue weighted by Gasteiger charge is -2.20. The topological polar surface area (TPSA) is 4.93 Å². The van der Waals surface area contributed by atoms with Gasteiger partial charge in [0.25, 0.3) is 0 Å². The minimum atomic E-state index is 0.267. The molecule has 0 bridgehead atoms. The van der Waals surface area contributed by atoms with Gasteiger partial charge in [0, 0.05) is 22.4 Å². The summed E-state index contributed by atoms with van der Waals surface area (Å²) in [6, 6.07) is 84.2. The van der Waals surface area contributed by atoms with Crippen molar-refractivity contribution in [2.75, 3.05) is 0 Å². The third-order valence-electron chi connectivity index (χ3n) is 11.8. The van der Waals surface area contributed by atoms with Crippen LogP contribution in [-0.4, -0.2) is 4.57 Å². The molecule has 10 aromatic rings. The number of rotatable bonds is 10. The molecule has 1 unspecified atom stereocenters. The smallest absolute Gasteiger partial charge is 0.0541 e. The van der Waals surface area contributed by atoms with Gasteiger partial charge in [-0.1, -0.05) is 200 Å². The summed E-state index contributed by atoms with van der Waals surface area (Å²) in [6.45, 7) is 0. The molecule has 0 aliphatic rings. The van der Waals surface area contributed by atoms with E-state index in [4.69, 9.17) is 0 Å². The van der Waals surface area contributed by atoms with Crippen LogP contribution in [0.3, 0.4) is 0 Å². The molecule has 9 aromatic carbocycles. The van der Waals surface area contributed by atoms with E-state index in [0.717, 1.165) is 12.8 Å². The highest BCUT2D eigenvalue weighted by molar-refractivity contribution is 6.10. The van der Waals surface area contributed by atoms with Gasteiger partial charge in [-0.05, 0) is 104 Å². The second-order valence-corrected chi connectivity index (χ2v) is 15.3. The quantitative estimate of drug-likeness (QED) is 0.132. The Kier molecular flexibility index (Phi) is 9.55. The number of aryl methyl sites for hydroxylation is 1. The molecule has 0 radical (unpaired) electrons. The average molecular weight is 742 g/mol. The van der Waals surface area contributed by atoms with Gasteiger partial charge in [-0.3, -0.25) is 0 Å². The normalized spacial score (nSPS) is 11.9. The van der Waals surface area contributed by atoms with E-state index in [1.807, 2.05) is 0 Å². The van der Waals surface area contributed by atoms with Crippen LogP contribution in [0.25, 0.3) is 72.0 Å². The lowest BCUT2D eigenvalue weighted by Crippen LogP contribution is -2.03. The van der Waals surface area contributed by atoms with Gasteiger partial charge in [0.2, 0.25) is 0 Å². The molecule has 276 valence electrons. The maximum absolute atomic E-state index is 2.37. The molecule has 1 aromatic heterocycles. The van der Waals surface area contributed by atoms with E-state index >= 15 is 0 Å². The summed E-state index contributed by atoms with van der Waals surface area (Å²) in [5.74, 6) is 0.267. The Labute approximate surface area is 341 Å². The molecular weight excluding hydrogens is 699 g/mol. The predicted molar refractivity (Wildman–Crippen MR) is 246 cm³/mol. The van der Waals surface area contributed by atoms with E-state index in [2.05, 4.69) is 235 Å². The Balaban J connectivity index is 0.914. The monoisotopic (exact) mass is 741 g/mol. The number of nitrogens with zero attached hydrogens (tertiary/aromatic N) is 1. The molecule has 0 N–H and O–H groups in total. The standard InChI is InChI=1S/C57H43N/c1-4-12-42(13-5-1)44-25-27-46(28-26-44)47-31-35-50(36-32-47)53(49-33-29-45(30-34-49)43-14-6-2-7-15-43)38-22-41-20-23-48(24-21-41)51-37-39-57-55(40-51)54-18-10-11-19-56(54)58(57)52-16-8-3-9-17-52/h1-21,23-37,39-40,53H,22,38H2. The second kappa shape index (κ2) is 15.7. The van der Waals surface area contributed by atoms with Crippen LogP contribution >= 0.6 is 0 Å². The molecule has 1 heterocycles. The Morgan fingerprint density at radius 2 is 0.707 bits per heavy atom. The SMILES string of the molecule is c1ccc(-c2ccc(-c3ccc(C(CCc4ccc(-c5ccc6c(c5)c5ccccc5n6-c5ccccc5)cc4)c4ccc(-c5ccccc5)cc4)cc3)cc2)cc1. The molecule has 1 atom stereocenters. The zero-order valence-corrected chi connectivity index (χ0v) is 32.4. The van der Waals surface area contributed by atoms with Crippen LogP contribution in [0.4, 0.5) is 0 Å². The van der Waals surface area contributed by atoms with Crippen LogP contribution < -0.4 is 0 Å². The van der Waals surface area contributed by atoms with Gasteiger partial charge in [0.15, 0.2) is 0 Å². The minimum Gasteiger partial charge on any atom is -0.309 e. The number of para-hydroxylation sites is 2.